The van der Waals surface area contributed by atoms with E-state index in [4.69, 9.17) is 37.3 Å². The van der Waals surface area contributed by atoms with Crippen LogP contribution in [0.3, 0.4) is 0 Å². The minimum atomic E-state index is -3.53. The molecule has 0 aromatic heterocycles. The van der Waals surface area contributed by atoms with Gasteiger partial charge in [0.05, 0.1) is 60.3 Å². The average Bonchev–Trinajstić information content (AvgIpc) is 1.64. The fraction of sp³-hybridized carbons (Fsp3) is 0.726. The number of fused-ring (bicyclic) bond motifs is 1. The van der Waals surface area contributed by atoms with Gasteiger partial charge in [-0.05, 0) is 326 Å². The van der Waals surface area contributed by atoms with Crippen LogP contribution in [0.2, 0.25) is 0 Å². The molecular formula is C113H198NO20S3+. The standard InChI is InChI=1S/C19H32O2.C18H15S.C16H26O3.C15H22O7S.C12H22O2.C11H17NO2S.C10H16O4.12CH4/c1-6-18(4,5)17(20)21-19(12(2)3)15-8-13-7-14(10-15)11-16(19)9-13;1-4-10-16(11-5-1)19(17-12-6-2-7-13-17)18-14-8-3-9-15-18;1-4-14(2,3)13(17)19-16-8-11-5-12(9-16)7-15(18,6-11)10-16;1-4-15(2,3)14(17)20-7-11(16)21-12-8-5-9-10(6-8)23(18,19)22-13(9)12;1-5-11(2,3)10(13)14-12(4)8-6-7-9-12;1-4-9(2)10-5-7-11(8-6-10)15(13,14)12-3;1-4-10(2,3)9(12)14-7-5-6-13-8(7)11;;;;;;;;;;;;/h12-16H,6-11H2,1-5H3;1-15H;11-12,18H,4-10H2,1-3H3;8-10,12-13H,4-7H2,1-3H3;5-9H2,1-4H3;5-9,12H,4H2,1-3H3;7H,4-6H2,1-3H3;12*1H4/q;+1;;;;;;;;;;;;;;;;;. The molecule has 0 spiro atoms. The van der Waals surface area contributed by atoms with Gasteiger partial charge >= 0.3 is 41.8 Å². The van der Waals surface area contributed by atoms with Gasteiger partial charge in [0.25, 0.3) is 10.1 Å². The summed E-state index contributed by atoms with van der Waals surface area (Å²) in [4.78, 5) is 87.8. The van der Waals surface area contributed by atoms with Crippen LogP contribution in [0.5, 0.6) is 0 Å². The van der Waals surface area contributed by atoms with Gasteiger partial charge in [0.15, 0.2) is 21.3 Å². The number of nitrogens with one attached hydrogen (secondary N) is 1. The molecule has 11 aliphatic carbocycles. The van der Waals surface area contributed by atoms with Crippen LogP contribution in [0, 0.1) is 80.3 Å². The molecule has 4 aromatic carbocycles. The smallest absolute Gasteiger partial charge is 0.347 e. The fourth-order valence-electron chi connectivity index (χ4n) is 20.2. The van der Waals surface area contributed by atoms with E-state index in [2.05, 4.69) is 137 Å². The number of cyclic esters (lactones) is 1. The van der Waals surface area contributed by atoms with Crippen LogP contribution in [0.15, 0.2) is 135 Å². The SMILES string of the molecule is C.C.C.C.C.C.C.C.C.C.C.C.CCC(C)(C)C(=O)OC1(C(C)C)C2CC3CC(C2)CC1C3.CCC(C)(C)C(=O)OC1(C)CCCC1.CCC(C)(C)C(=O)OC12CC3CC(CC(O)(C3)C1)C2.CCC(C)(C)C(=O)OC1CCOC1=O.CCC(C)(C)C(=O)OCC(=O)OC1C2CC3C1OS(=O)(=O)C3C2.CCC(C)c1ccc(S(=O)(=O)NC)cc1.c1ccc([S+](c2ccccc2)c2ccccc2)cc1. The van der Waals surface area contributed by atoms with Crippen molar-refractivity contribution < 1.29 is 92.8 Å². The van der Waals surface area contributed by atoms with E-state index in [0.29, 0.717) is 85.5 Å². The lowest BCUT2D eigenvalue weighted by Gasteiger charge is -2.62. The van der Waals surface area contributed by atoms with E-state index in [1.807, 2.05) is 81.4 Å². The lowest BCUT2D eigenvalue weighted by atomic mass is 9.47. The second kappa shape index (κ2) is 56.4. The lowest BCUT2D eigenvalue weighted by Crippen LogP contribution is -2.63. The minimum absolute atomic E-state index is 0. The molecule has 10 bridgehead atoms. The third kappa shape index (κ3) is 33.7. The molecule has 2 heterocycles. The maximum atomic E-state index is 12.8. The summed E-state index contributed by atoms with van der Waals surface area (Å²) >= 11 is 0. The average molecular weight is 1990 g/mol. The molecule has 792 valence electrons. The number of carbonyl (C=O) groups is 7. The highest BCUT2D eigenvalue weighted by Crippen LogP contribution is 2.63. The number of rotatable bonds is 25. The van der Waals surface area contributed by atoms with Gasteiger partial charge in [-0.3, -0.25) is 28.2 Å². The molecule has 9 unspecified atom stereocenters. The van der Waals surface area contributed by atoms with Crippen molar-refractivity contribution in [2.75, 3.05) is 20.3 Å². The van der Waals surface area contributed by atoms with Gasteiger partial charge in [-0.25, -0.2) is 22.7 Å². The molecule has 21 nitrogen and oxygen atoms in total. The summed E-state index contributed by atoms with van der Waals surface area (Å²) in [6.45, 7) is 39.6. The first-order chi connectivity index (χ1) is 58.5. The van der Waals surface area contributed by atoms with Crippen molar-refractivity contribution in [2.45, 2.75) is 453 Å². The van der Waals surface area contributed by atoms with E-state index in [1.54, 1.807) is 39.8 Å². The lowest BCUT2D eigenvalue weighted by molar-refractivity contribution is -0.231. The summed E-state index contributed by atoms with van der Waals surface area (Å²) in [5.74, 6) is 3.06. The highest BCUT2D eigenvalue weighted by molar-refractivity contribution is 7.97. The molecular weight excluding hydrogens is 1790 g/mol. The van der Waals surface area contributed by atoms with Crippen LogP contribution in [-0.2, 0) is 102 Å². The minimum Gasteiger partial charge on any atom is -0.463 e. The summed E-state index contributed by atoms with van der Waals surface area (Å²) in [7, 11) is -5.42. The van der Waals surface area contributed by atoms with Crippen molar-refractivity contribution in [3.8, 4) is 0 Å². The number of aliphatic hydroxyl groups is 1. The summed E-state index contributed by atoms with van der Waals surface area (Å²) in [6.07, 6.45) is 21.4. The predicted molar refractivity (Wildman–Crippen MR) is 566 cm³/mol. The van der Waals surface area contributed by atoms with Crippen molar-refractivity contribution in [3.63, 3.8) is 0 Å². The normalized spacial score (nSPS) is 26.1. The van der Waals surface area contributed by atoms with Gasteiger partial charge in [0.2, 0.25) is 16.1 Å². The molecule has 11 saturated carbocycles. The highest BCUT2D eigenvalue weighted by Gasteiger charge is 2.66. The number of sulfonamides is 1. The van der Waals surface area contributed by atoms with E-state index >= 15 is 0 Å². The second-order valence-electron chi connectivity index (χ2n) is 41.4. The Morgan fingerprint density at radius 3 is 1.31 bits per heavy atom. The van der Waals surface area contributed by atoms with Crippen LogP contribution in [0.4, 0.5) is 0 Å². The Labute approximate surface area is 839 Å². The number of esters is 7. The van der Waals surface area contributed by atoms with Crippen LogP contribution in [0.1, 0.15) is 393 Å². The Morgan fingerprint density at radius 1 is 0.518 bits per heavy atom. The molecule has 17 rings (SSSR count). The number of ether oxygens (including phenoxy) is 7. The maximum Gasteiger partial charge on any atom is 0.347 e. The van der Waals surface area contributed by atoms with Crippen LogP contribution in [-0.4, -0.2) is 130 Å². The van der Waals surface area contributed by atoms with Crippen molar-refractivity contribution in [3.05, 3.63) is 121 Å². The van der Waals surface area contributed by atoms with Crippen molar-refractivity contribution in [1.82, 2.24) is 4.72 Å². The van der Waals surface area contributed by atoms with E-state index in [9.17, 15) is 55.5 Å². The molecule has 4 aromatic rings. The van der Waals surface area contributed by atoms with E-state index < -0.39 is 90.1 Å². The Morgan fingerprint density at radius 2 is 0.920 bits per heavy atom. The summed E-state index contributed by atoms with van der Waals surface area (Å²) in [5, 5.41) is 10.2. The zero-order chi connectivity index (χ0) is 92.3. The first kappa shape index (κ1) is 137. The predicted octanol–water partition coefficient (Wildman–Crippen LogP) is 28.0. The summed E-state index contributed by atoms with van der Waals surface area (Å²) in [5.41, 5.74) is -2.35. The Balaban J connectivity index is -0.000000748. The zero-order valence-electron chi connectivity index (χ0n) is 78.9. The van der Waals surface area contributed by atoms with Gasteiger partial charge < -0.3 is 38.3 Å². The molecule has 0 radical (unpaired) electrons. The maximum absolute atomic E-state index is 12.8. The van der Waals surface area contributed by atoms with E-state index in [1.165, 1.54) is 78.7 Å². The zero-order valence-corrected chi connectivity index (χ0v) is 81.3. The summed E-state index contributed by atoms with van der Waals surface area (Å²) in [6, 6.07) is 39.2. The van der Waals surface area contributed by atoms with Crippen molar-refractivity contribution in [1.29, 1.82) is 0 Å². The van der Waals surface area contributed by atoms with Crippen molar-refractivity contribution >= 4 is 72.8 Å². The molecule has 9 atom stereocenters. The Hall–Kier alpha value is -6.70. The highest BCUT2D eigenvalue weighted by atomic mass is 32.2. The van der Waals surface area contributed by atoms with E-state index in [-0.39, 0.29) is 163 Å². The largest absolute Gasteiger partial charge is 0.463 e. The van der Waals surface area contributed by atoms with Gasteiger partial charge in [-0.15, -0.1) is 0 Å². The first-order valence-electron chi connectivity index (χ1n) is 46.6. The number of benzene rings is 4. The van der Waals surface area contributed by atoms with Gasteiger partial charge in [0.1, 0.15) is 29.0 Å². The molecule has 137 heavy (non-hydrogen) atoms. The molecule has 13 aliphatic rings. The Bertz CT molecular complexity index is 4370. The number of hydrogen-bond acceptors (Lipinski definition) is 20. The third-order valence-corrected chi connectivity index (χ3v) is 35.2. The molecule has 2 N–H and O–H groups in total. The summed E-state index contributed by atoms with van der Waals surface area (Å²) < 4.78 is 92.1. The van der Waals surface area contributed by atoms with Crippen LogP contribution in [0.25, 0.3) is 0 Å². The van der Waals surface area contributed by atoms with E-state index in [0.717, 1.165) is 76.0 Å². The fourth-order valence-corrected chi connectivity index (χ4v) is 24.9. The van der Waals surface area contributed by atoms with Crippen molar-refractivity contribution in [2.24, 2.45) is 80.3 Å². The van der Waals surface area contributed by atoms with Gasteiger partial charge in [-0.1, -0.05) is 218 Å². The second-order valence-corrected chi connectivity index (χ2v) is 47.1. The van der Waals surface area contributed by atoms with Gasteiger partial charge in [-0.2, -0.15) is 8.42 Å². The third-order valence-electron chi connectivity index (χ3n) is 29.8. The monoisotopic (exact) mass is 1990 g/mol. The molecule has 0 amide bonds. The van der Waals surface area contributed by atoms with Crippen LogP contribution < -0.4 is 4.72 Å². The Kier molecular flexibility index (Phi) is 56.2. The number of hydrogen-bond donors (Lipinski definition) is 2. The molecule has 13 fully saturated rings. The first-order valence-corrected chi connectivity index (χ1v) is 50.7. The number of carbonyl (C=O) groups excluding carboxylic acids is 7. The quantitative estimate of drug-likeness (QED) is 0.0270. The molecule has 24 heteroatoms. The van der Waals surface area contributed by atoms with Gasteiger partial charge in [0, 0.05) is 24.7 Å². The molecule has 2 saturated heterocycles. The topological polar surface area (TPSA) is 294 Å². The van der Waals surface area contributed by atoms with Crippen LogP contribution >= 0.6 is 0 Å². The molecule has 2 aliphatic heterocycles.